The molecule has 6 nitrogen and oxygen atoms in total. The molecule has 1 aromatic heterocycles. The molecule has 0 fully saturated rings. The molecular weight excluding hydrogens is 362 g/mol. The average molecular weight is 398 g/mol. The quantitative estimate of drug-likeness (QED) is 0.525. The summed E-state index contributed by atoms with van der Waals surface area (Å²) < 4.78 is 5.41. The number of fused-ring (bicyclic) bond motifs is 1. The van der Waals surface area contributed by atoms with Gasteiger partial charge in [-0.25, -0.2) is 4.99 Å². The molecule has 1 unspecified atom stereocenters. The Hall–Kier alpha value is -2.34. The Morgan fingerprint density at radius 3 is 2.69 bits per heavy atom. The lowest BCUT2D eigenvalue weighted by Crippen LogP contribution is -2.48. The first-order valence-corrected chi connectivity index (χ1v) is 10.9. The highest BCUT2D eigenvalue weighted by Gasteiger charge is 2.22. The van der Waals surface area contributed by atoms with Crippen molar-refractivity contribution >= 4 is 5.96 Å². The van der Waals surface area contributed by atoms with E-state index in [-0.39, 0.29) is 0 Å². The summed E-state index contributed by atoms with van der Waals surface area (Å²) in [4.78, 5) is 7.27. The molecule has 2 heterocycles. The number of nitrogens with one attached hydrogen (secondary N) is 2. The van der Waals surface area contributed by atoms with E-state index in [1.165, 1.54) is 11.1 Å². The molecule has 0 saturated carbocycles. The number of hydrogen-bond donors (Lipinski definition) is 2. The summed E-state index contributed by atoms with van der Waals surface area (Å²) in [5, 5.41) is 11.0. The van der Waals surface area contributed by atoms with Crippen molar-refractivity contribution in [1.29, 1.82) is 0 Å². The van der Waals surface area contributed by atoms with Crippen LogP contribution in [-0.2, 0) is 19.5 Å². The van der Waals surface area contributed by atoms with Gasteiger partial charge in [-0.15, -0.1) is 0 Å². The van der Waals surface area contributed by atoms with Gasteiger partial charge in [0.15, 0.2) is 11.7 Å². The van der Waals surface area contributed by atoms with Gasteiger partial charge in [-0.2, -0.15) is 0 Å². The molecular formula is C23H35N5O. The zero-order valence-electron chi connectivity index (χ0n) is 18.2. The third kappa shape index (κ3) is 5.82. The number of nitrogens with zero attached hydrogens (tertiary/aromatic N) is 3. The maximum absolute atomic E-state index is 5.41. The summed E-state index contributed by atoms with van der Waals surface area (Å²) in [5.74, 6) is 1.99. The predicted octanol–water partition coefficient (Wildman–Crippen LogP) is 3.69. The summed E-state index contributed by atoms with van der Waals surface area (Å²) in [6.45, 7) is 12.9. The van der Waals surface area contributed by atoms with Gasteiger partial charge in [0.2, 0.25) is 0 Å². The van der Waals surface area contributed by atoms with Crippen molar-refractivity contribution in [2.24, 2.45) is 4.99 Å². The summed E-state index contributed by atoms with van der Waals surface area (Å²) in [6, 6.07) is 11.3. The Labute approximate surface area is 174 Å². The minimum atomic E-state index is 0.364. The minimum absolute atomic E-state index is 0.364. The predicted molar refractivity (Wildman–Crippen MR) is 118 cm³/mol. The number of aliphatic imine (C=N–C) groups is 1. The molecule has 2 aromatic rings. The lowest BCUT2D eigenvalue weighted by Gasteiger charge is -2.35. The molecule has 6 heteroatoms. The molecule has 0 bridgehead atoms. The van der Waals surface area contributed by atoms with Gasteiger partial charge >= 0.3 is 0 Å². The fourth-order valence-electron chi connectivity index (χ4n) is 3.75. The molecule has 0 spiro atoms. The van der Waals surface area contributed by atoms with Crippen molar-refractivity contribution in [2.45, 2.75) is 65.6 Å². The van der Waals surface area contributed by atoms with Gasteiger partial charge in [0.25, 0.3) is 0 Å². The highest BCUT2D eigenvalue weighted by Crippen LogP contribution is 2.21. The number of hydrogen-bond acceptors (Lipinski definition) is 4. The average Bonchev–Trinajstić information content (AvgIpc) is 3.21. The highest BCUT2D eigenvalue weighted by atomic mass is 16.5. The van der Waals surface area contributed by atoms with Crippen LogP contribution in [0, 0.1) is 0 Å². The van der Waals surface area contributed by atoms with Crippen molar-refractivity contribution in [3.63, 3.8) is 0 Å². The third-order valence-electron chi connectivity index (χ3n) is 5.56. The Morgan fingerprint density at radius 1 is 1.21 bits per heavy atom. The van der Waals surface area contributed by atoms with Crippen molar-refractivity contribution in [1.82, 2.24) is 20.7 Å². The summed E-state index contributed by atoms with van der Waals surface area (Å²) in [5.41, 5.74) is 3.93. The Morgan fingerprint density at radius 2 is 2.00 bits per heavy atom. The van der Waals surface area contributed by atoms with Crippen LogP contribution >= 0.6 is 0 Å². The first kappa shape index (κ1) is 21.4. The monoisotopic (exact) mass is 397 g/mol. The fraction of sp³-hybridized carbons (Fsp3) is 0.565. The van der Waals surface area contributed by atoms with Crippen LogP contribution in [0.2, 0.25) is 0 Å². The smallest absolute Gasteiger partial charge is 0.191 e. The van der Waals surface area contributed by atoms with Gasteiger partial charge in [0.05, 0.1) is 5.69 Å². The number of guanidine groups is 1. The van der Waals surface area contributed by atoms with E-state index in [0.29, 0.717) is 18.5 Å². The van der Waals surface area contributed by atoms with Gasteiger partial charge in [0.1, 0.15) is 6.54 Å². The number of rotatable bonds is 8. The van der Waals surface area contributed by atoms with Crippen LogP contribution in [0.3, 0.4) is 0 Å². The van der Waals surface area contributed by atoms with Crippen molar-refractivity contribution in [3.8, 4) is 0 Å². The molecule has 158 valence electrons. The van der Waals surface area contributed by atoms with E-state index in [1.807, 2.05) is 6.07 Å². The van der Waals surface area contributed by atoms with Gasteiger partial charge in [-0.1, -0.05) is 50.2 Å². The molecule has 0 aliphatic carbocycles. The molecule has 29 heavy (non-hydrogen) atoms. The van der Waals surface area contributed by atoms with E-state index in [2.05, 4.69) is 77.6 Å². The van der Waals surface area contributed by atoms with E-state index >= 15 is 0 Å². The van der Waals surface area contributed by atoms with Crippen molar-refractivity contribution < 1.29 is 4.52 Å². The molecule has 1 aliphatic rings. The molecule has 0 radical (unpaired) electrons. The van der Waals surface area contributed by atoms with Crippen molar-refractivity contribution in [2.75, 3.05) is 19.6 Å². The molecule has 0 amide bonds. The van der Waals surface area contributed by atoms with Crippen LogP contribution in [0.1, 0.15) is 62.6 Å². The summed E-state index contributed by atoms with van der Waals surface area (Å²) in [7, 11) is 0. The molecule has 1 aliphatic heterocycles. The maximum Gasteiger partial charge on any atom is 0.191 e. The van der Waals surface area contributed by atoms with Crippen molar-refractivity contribution in [3.05, 3.63) is 52.9 Å². The van der Waals surface area contributed by atoms with Gasteiger partial charge in [-0.3, -0.25) is 4.90 Å². The van der Waals surface area contributed by atoms with E-state index in [0.717, 1.165) is 56.4 Å². The first-order chi connectivity index (χ1) is 14.1. The lowest BCUT2D eigenvalue weighted by atomic mass is 9.98. The standard InChI is InChI=1S/C23H35N5O/c1-5-20(28-12-11-18-9-7-8-10-19(18)16-28)14-25-23(24-6-2)26-15-21-13-22(17(3)4)27-29-21/h7-10,13,17,20H,5-6,11-12,14-16H2,1-4H3,(H2,24,25,26). The van der Waals surface area contributed by atoms with Crippen LogP contribution < -0.4 is 10.6 Å². The maximum atomic E-state index is 5.41. The van der Waals surface area contributed by atoms with Gasteiger partial charge in [0, 0.05) is 38.3 Å². The third-order valence-corrected chi connectivity index (χ3v) is 5.56. The second-order valence-corrected chi connectivity index (χ2v) is 8.00. The van der Waals surface area contributed by atoms with Crippen LogP contribution in [0.15, 0.2) is 39.8 Å². The topological polar surface area (TPSA) is 65.7 Å². The Bertz CT molecular complexity index is 798. The normalized spacial score (nSPS) is 16.0. The molecule has 0 saturated heterocycles. The zero-order valence-corrected chi connectivity index (χ0v) is 18.2. The zero-order chi connectivity index (χ0) is 20.6. The number of aromatic nitrogens is 1. The first-order valence-electron chi connectivity index (χ1n) is 10.9. The lowest BCUT2D eigenvalue weighted by molar-refractivity contribution is 0.174. The van der Waals surface area contributed by atoms with Crippen LogP contribution in [0.4, 0.5) is 0 Å². The fourth-order valence-corrected chi connectivity index (χ4v) is 3.75. The highest BCUT2D eigenvalue weighted by molar-refractivity contribution is 5.79. The van der Waals surface area contributed by atoms with Gasteiger partial charge in [-0.05, 0) is 36.8 Å². The Kier molecular flexibility index (Phi) is 7.69. The van der Waals surface area contributed by atoms with E-state index in [1.54, 1.807) is 0 Å². The van der Waals surface area contributed by atoms with E-state index in [9.17, 15) is 0 Å². The minimum Gasteiger partial charge on any atom is -0.359 e. The largest absolute Gasteiger partial charge is 0.359 e. The Balaban J connectivity index is 1.58. The second-order valence-electron chi connectivity index (χ2n) is 8.00. The van der Waals surface area contributed by atoms with E-state index < -0.39 is 0 Å². The molecule has 1 aromatic carbocycles. The SMILES string of the molecule is CCNC(=NCc1cc(C(C)C)no1)NCC(CC)N1CCc2ccccc2C1. The van der Waals surface area contributed by atoms with Crippen LogP contribution in [0.5, 0.6) is 0 Å². The molecule has 1 atom stereocenters. The van der Waals surface area contributed by atoms with Gasteiger partial charge < -0.3 is 15.2 Å². The molecule has 2 N–H and O–H groups in total. The summed E-state index contributed by atoms with van der Waals surface area (Å²) in [6.07, 6.45) is 2.24. The second kappa shape index (κ2) is 10.4. The summed E-state index contributed by atoms with van der Waals surface area (Å²) >= 11 is 0. The van der Waals surface area contributed by atoms with Crippen LogP contribution in [-0.4, -0.2) is 41.7 Å². The van der Waals surface area contributed by atoms with Crippen LogP contribution in [0.25, 0.3) is 0 Å². The van der Waals surface area contributed by atoms with E-state index in [4.69, 9.17) is 4.52 Å². The number of benzene rings is 1. The molecule has 3 rings (SSSR count).